The van der Waals surface area contributed by atoms with Crippen molar-refractivity contribution in [2.75, 3.05) is 25.5 Å². The molecule has 0 saturated carbocycles. The van der Waals surface area contributed by atoms with Gasteiger partial charge in [-0.25, -0.2) is 9.97 Å². The number of fused-ring (bicyclic) bond motifs is 1. The van der Waals surface area contributed by atoms with E-state index in [4.69, 9.17) is 0 Å². The first-order valence-corrected chi connectivity index (χ1v) is 8.82. The van der Waals surface area contributed by atoms with Crippen molar-refractivity contribution < 1.29 is 0 Å². The number of nitrogens with zero attached hydrogens (tertiary/aromatic N) is 3. The molecule has 1 aliphatic rings. The van der Waals surface area contributed by atoms with Crippen molar-refractivity contribution in [1.29, 1.82) is 0 Å². The van der Waals surface area contributed by atoms with Crippen LogP contribution in [0, 0.1) is 0 Å². The van der Waals surface area contributed by atoms with E-state index in [-0.39, 0.29) is 6.04 Å². The summed E-state index contributed by atoms with van der Waals surface area (Å²) in [5.41, 5.74) is 2.73. The molecule has 1 aliphatic heterocycles. The topological polar surface area (TPSA) is 41.1 Å². The van der Waals surface area contributed by atoms with Crippen LogP contribution >= 0.6 is 11.3 Å². The number of rotatable bonds is 4. The predicted octanol–water partition coefficient (Wildman–Crippen LogP) is 3.89. The lowest BCUT2D eigenvalue weighted by Crippen LogP contribution is -2.41. The lowest BCUT2D eigenvalue weighted by Gasteiger charge is -2.36. The normalized spacial score (nSPS) is 17.1. The van der Waals surface area contributed by atoms with Crippen molar-refractivity contribution in [2.24, 2.45) is 0 Å². The molecule has 3 heterocycles. The summed E-state index contributed by atoms with van der Waals surface area (Å²) in [6.45, 7) is 4.51. The Bertz CT molecular complexity index is 805. The van der Waals surface area contributed by atoms with E-state index in [1.807, 2.05) is 0 Å². The van der Waals surface area contributed by atoms with Crippen LogP contribution in [0.4, 0.5) is 5.82 Å². The first kappa shape index (κ1) is 14.6. The van der Waals surface area contributed by atoms with Gasteiger partial charge in [-0.1, -0.05) is 24.3 Å². The highest BCUT2D eigenvalue weighted by atomic mass is 32.1. The molecule has 0 spiro atoms. The van der Waals surface area contributed by atoms with Crippen molar-refractivity contribution in [3.8, 4) is 0 Å². The van der Waals surface area contributed by atoms with E-state index >= 15 is 0 Å². The largest absolute Gasteiger partial charge is 0.363 e. The molecule has 1 atom stereocenters. The number of aromatic nitrogens is 2. The third-order valence-electron chi connectivity index (χ3n) is 4.59. The fourth-order valence-corrected chi connectivity index (χ4v) is 3.89. The number of hydrogen-bond acceptors (Lipinski definition) is 5. The van der Waals surface area contributed by atoms with Gasteiger partial charge in [0.15, 0.2) is 0 Å². The summed E-state index contributed by atoms with van der Waals surface area (Å²) in [7, 11) is 2.17. The molecule has 0 radical (unpaired) electrons. The Morgan fingerprint density at radius 3 is 2.70 bits per heavy atom. The lowest BCUT2D eigenvalue weighted by molar-refractivity contribution is 0.190. The van der Waals surface area contributed by atoms with Crippen molar-refractivity contribution >= 4 is 27.4 Å². The van der Waals surface area contributed by atoms with Gasteiger partial charge in [-0.3, -0.25) is 0 Å². The molecule has 4 nitrogen and oxygen atoms in total. The maximum atomic E-state index is 4.40. The zero-order chi connectivity index (χ0) is 15.8. The molecule has 0 bridgehead atoms. The van der Waals surface area contributed by atoms with E-state index in [0.717, 1.165) is 16.0 Å². The van der Waals surface area contributed by atoms with Gasteiger partial charge >= 0.3 is 0 Å². The number of benzene rings is 1. The summed E-state index contributed by atoms with van der Waals surface area (Å²) >= 11 is 1.64. The van der Waals surface area contributed by atoms with E-state index < -0.39 is 0 Å². The van der Waals surface area contributed by atoms with Crippen LogP contribution < -0.4 is 5.32 Å². The fraction of sp³-hybridized carbons (Fsp3) is 0.333. The molecule has 1 saturated heterocycles. The SMILES string of the molecule is C[C@H](Nc1ncnc2sccc12)c1ccc(C2CN(C)C2)cc1. The molecule has 0 unspecified atom stereocenters. The summed E-state index contributed by atoms with van der Waals surface area (Å²) in [5.74, 6) is 1.61. The minimum Gasteiger partial charge on any atom is -0.363 e. The van der Waals surface area contributed by atoms with Crippen LogP contribution in [0.5, 0.6) is 0 Å². The third kappa shape index (κ3) is 2.82. The van der Waals surface area contributed by atoms with Gasteiger partial charge in [0.25, 0.3) is 0 Å². The van der Waals surface area contributed by atoms with E-state index in [9.17, 15) is 0 Å². The minimum atomic E-state index is 0.214. The van der Waals surface area contributed by atoms with Crippen LogP contribution in [0.15, 0.2) is 42.0 Å². The van der Waals surface area contributed by atoms with Crippen LogP contribution in [-0.2, 0) is 0 Å². The Hall–Kier alpha value is -1.98. The second-order valence-corrected chi connectivity index (χ2v) is 7.21. The van der Waals surface area contributed by atoms with Crippen LogP contribution in [0.3, 0.4) is 0 Å². The van der Waals surface area contributed by atoms with Crippen molar-refractivity contribution in [3.63, 3.8) is 0 Å². The van der Waals surface area contributed by atoms with Crippen LogP contribution in [0.1, 0.15) is 30.0 Å². The van der Waals surface area contributed by atoms with E-state index in [0.29, 0.717) is 5.92 Å². The Balaban J connectivity index is 1.50. The number of nitrogens with one attached hydrogen (secondary N) is 1. The lowest BCUT2D eigenvalue weighted by atomic mass is 9.91. The molecule has 5 heteroatoms. The minimum absolute atomic E-state index is 0.214. The molecule has 3 aromatic rings. The first-order chi connectivity index (χ1) is 11.2. The molecule has 1 N–H and O–H groups in total. The average molecular weight is 324 g/mol. The van der Waals surface area contributed by atoms with E-state index in [2.05, 4.69) is 69.9 Å². The molecule has 0 aliphatic carbocycles. The highest BCUT2D eigenvalue weighted by Gasteiger charge is 2.24. The van der Waals surface area contributed by atoms with Gasteiger partial charge < -0.3 is 10.2 Å². The second-order valence-electron chi connectivity index (χ2n) is 6.31. The monoisotopic (exact) mass is 324 g/mol. The highest BCUT2D eigenvalue weighted by molar-refractivity contribution is 7.16. The van der Waals surface area contributed by atoms with Crippen molar-refractivity contribution in [2.45, 2.75) is 18.9 Å². The van der Waals surface area contributed by atoms with E-state index in [1.54, 1.807) is 17.7 Å². The maximum absolute atomic E-state index is 4.40. The molecule has 2 aromatic heterocycles. The quantitative estimate of drug-likeness (QED) is 0.790. The van der Waals surface area contributed by atoms with Gasteiger partial charge in [0, 0.05) is 25.0 Å². The van der Waals surface area contributed by atoms with Crippen molar-refractivity contribution in [1.82, 2.24) is 14.9 Å². The van der Waals surface area contributed by atoms with Crippen LogP contribution in [0.2, 0.25) is 0 Å². The fourth-order valence-electron chi connectivity index (χ4n) is 3.16. The summed E-state index contributed by atoms with van der Waals surface area (Å²) in [4.78, 5) is 12.1. The molecular weight excluding hydrogens is 304 g/mol. The molecule has 23 heavy (non-hydrogen) atoms. The molecule has 118 valence electrons. The smallest absolute Gasteiger partial charge is 0.138 e. The standard InChI is InChI=1S/C18H20N4S/c1-12(21-17-16-7-8-23-18(16)20-11-19-17)13-3-5-14(6-4-13)15-9-22(2)10-15/h3-8,11-12,15H,9-10H2,1-2H3,(H,19,20,21)/t12-/m0/s1. The molecule has 1 aromatic carbocycles. The first-order valence-electron chi connectivity index (χ1n) is 7.94. The summed E-state index contributed by atoms with van der Waals surface area (Å²) in [6.07, 6.45) is 1.63. The Morgan fingerprint density at radius 1 is 1.17 bits per heavy atom. The van der Waals surface area contributed by atoms with Gasteiger partial charge in [-0.05, 0) is 36.5 Å². The molecule has 4 rings (SSSR count). The van der Waals surface area contributed by atoms with Crippen molar-refractivity contribution in [3.05, 3.63) is 53.2 Å². The summed E-state index contributed by atoms with van der Waals surface area (Å²) in [6, 6.07) is 11.3. The van der Waals surface area contributed by atoms with Crippen LogP contribution in [0.25, 0.3) is 10.2 Å². The zero-order valence-electron chi connectivity index (χ0n) is 13.4. The number of likely N-dealkylation sites (tertiary alicyclic amines) is 1. The third-order valence-corrected chi connectivity index (χ3v) is 5.41. The predicted molar refractivity (Wildman–Crippen MR) is 96.1 cm³/mol. The second kappa shape index (κ2) is 5.91. The summed E-state index contributed by atoms with van der Waals surface area (Å²) < 4.78 is 0. The van der Waals surface area contributed by atoms with Gasteiger partial charge in [0.1, 0.15) is 17.0 Å². The molecule has 0 amide bonds. The van der Waals surface area contributed by atoms with Gasteiger partial charge in [0.2, 0.25) is 0 Å². The zero-order valence-corrected chi connectivity index (χ0v) is 14.2. The Morgan fingerprint density at radius 2 is 1.96 bits per heavy atom. The Kier molecular flexibility index (Phi) is 3.75. The number of likely N-dealkylation sites (N-methyl/N-ethyl adjacent to an activating group) is 1. The maximum Gasteiger partial charge on any atom is 0.138 e. The van der Waals surface area contributed by atoms with Gasteiger partial charge in [-0.2, -0.15) is 0 Å². The summed E-state index contributed by atoms with van der Waals surface area (Å²) in [5, 5.41) is 6.67. The average Bonchev–Trinajstić information content (AvgIpc) is 3.02. The highest BCUT2D eigenvalue weighted by Crippen LogP contribution is 2.29. The molecular formula is C18H20N4S. The number of hydrogen-bond donors (Lipinski definition) is 1. The van der Waals surface area contributed by atoms with Gasteiger partial charge in [-0.15, -0.1) is 11.3 Å². The van der Waals surface area contributed by atoms with Crippen LogP contribution in [-0.4, -0.2) is 35.0 Å². The van der Waals surface area contributed by atoms with E-state index in [1.165, 1.54) is 24.2 Å². The molecule has 1 fully saturated rings. The Labute approximate surface area is 140 Å². The van der Waals surface area contributed by atoms with Gasteiger partial charge in [0.05, 0.1) is 5.39 Å². The number of thiophene rings is 1. The number of anilines is 1.